The van der Waals surface area contributed by atoms with Gasteiger partial charge in [0.1, 0.15) is 11.6 Å². The molecule has 1 nitrogen and oxygen atoms in total. The quantitative estimate of drug-likeness (QED) is 0.719. The predicted molar refractivity (Wildman–Crippen MR) is 44.4 cm³/mol. The van der Waals surface area contributed by atoms with Crippen LogP contribution < -0.4 is 5.73 Å². The fraction of sp³-hybridized carbons (Fsp3) is 0.111. The average Bonchev–Trinajstić information content (AvgIpc) is 1.99. The van der Waals surface area contributed by atoms with Crippen molar-refractivity contribution in [3.05, 3.63) is 41.5 Å². The Morgan fingerprint density at radius 1 is 1.17 bits per heavy atom. The van der Waals surface area contributed by atoms with Crippen molar-refractivity contribution in [1.29, 1.82) is 0 Å². The van der Waals surface area contributed by atoms with Crippen LogP contribution in [0.15, 0.2) is 24.3 Å². The molecule has 0 saturated heterocycles. The second kappa shape index (κ2) is 3.97. The Morgan fingerprint density at radius 3 is 2.25 bits per heavy atom. The van der Waals surface area contributed by atoms with Crippen molar-refractivity contribution in [2.75, 3.05) is 6.54 Å². The fourth-order valence-corrected chi connectivity index (χ4v) is 0.876. The largest absolute Gasteiger partial charge is 0.327 e. The Bertz CT molecular complexity index is 274. The number of hydrogen-bond acceptors (Lipinski definition) is 1. The van der Waals surface area contributed by atoms with Gasteiger partial charge in [0.05, 0.1) is 0 Å². The average molecular weight is 169 g/mol. The zero-order chi connectivity index (χ0) is 8.97. The van der Waals surface area contributed by atoms with Gasteiger partial charge in [-0.05, 0) is 17.7 Å². The van der Waals surface area contributed by atoms with Crippen LogP contribution in [0.5, 0.6) is 0 Å². The number of hydrogen-bond donors (Lipinski definition) is 1. The maximum Gasteiger partial charge on any atom is 0.126 e. The normalized spacial score (nSPS) is 10.9. The van der Waals surface area contributed by atoms with Gasteiger partial charge in [0, 0.05) is 12.6 Å². The molecule has 0 aliphatic heterocycles. The smallest absolute Gasteiger partial charge is 0.126 e. The van der Waals surface area contributed by atoms with E-state index in [9.17, 15) is 8.78 Å². The summed E-state index contributed by atoms with van der Waals surface area (Å²) in [6.07, 6.45) is 3.21. The van der Waals surface area contributed by atoms with Crippen molar-refractivity contribution < 1.29 is 8.78 Å². The van der Waals surface area contributed by atoms with E-state index in [0.717, 1.165) is 6.07 Å². The van der Waals surface area contributed by atoms with E-state index in [2.05, 4.69) is 0 Å². The molecule has 0 saturated carbocycles. The van der Waals surface area contributed by atoms with Crippen LogP contribution in [0.4, 0.5) is 8.78 Å². The predicted octanol–water partition coefficient (Wildman–Crippen LogP) is 1.94. The standard InChI is InChI=1S/C9H9F2N/c10-8-4-7(2-1-3-12)5-9(11)6-8/h1-2,4-6H,3,12H2/b2-1+. The van der Waals surface area contributed by atoms with Crippen LogP contribution in [0.3, 0.4) is 0 Å². The second-order valence-electron chi connectivity index (χ2n) is 2.34. The second-order valence-corrected chi connectivity index (χ2v) is 2.34. The number of nitrogens with two attached hydrogens (primary N) is 1. The third-order valence-electron chi connectivity index (χ3n) is 1.33. The molecule has 0 heterocycles. The lowest BCUT2D eigenvalue weighted by Crippen LogP contribution is -1.92. The van der Waals surface area contributed by atoms with Gasteiger partial charge in [-0.2, -0.15) is 0 Å². The Labute approximate surface area is 69.5 Å². The molecule has 1 rings (SSSR count). The van der Waals surface area contributed by atoms with E-state index < -0.39 is 11.6 Å². The summed E-state index contributed by atoms with van der Waals surface area (Å²) in [6.45, 7) is 0.359. The summed E-state index contributed by atoms with van der Waals surface area (Å²) in [5.74, 6) is -1.15. The molecule has 0 unspecified atom stereocenters. The molecule has 0 amide bonds. The van der Waals surface area contributed by atoms with Crippen molar-refractivity contribution in [3.8, 4) is 0 Å². The van der Waals surface area contributed by atoms with Gasteiger partial charge in [0.25, 0.3) is 0 Å². The summed E-state index contributed by atoms with van der Waals surface area (Å²) >= 11 is 0. The minimum absolute atomic E-state index is 0.359. The highest BCUT2D eigenvalue weighted by atomic mass is 19.1. The molecule has 3 heteroatoms. The molecular formula is C9H9F2N. The molecule has 12 heavy (non-hydrogen) atoms. The van der Waals surface area contributed by atoms with Gasteiger partial charge in [-0.15, -0.1) is 0 Å². The SMILES string of the molecule is NC/C=C/c1cc(F)cc(F)c1. The molecule has 1 aromatic carbocycles. The summed E-state index contributed by atoms with van der Waals surface area (Å²) in [6, 6.07) is 3.32. The lowest BCUT2D eigenvalue weighted by atomic mass is 10.2. The van der Waals surface area contributed by atoms with E-state index in [1.165, 1.54) is 12.1 Å². The molecule has 0 aromatic heterocycles. The maximum atomic E-state index is 12.6. The van der Waals surface area contributed by atoms with Crippen LogP contribution in [0, 0.1) is 11.6 Å². The Morgan fingerprint density at radius 2 is 1.75 bits per heavy atom. The van der Waals surface area contributed by atoms with Crippen LogP contribution in [0.1, 0.15) is 5.56 Å². The minimum atomic E-state index is -0.577. The minimum Gasteiger partial charge on any atom is -0.327 e. The molecule has 0 fully saturated rings. The fourth-order valence-electron chi connectivity index (χ4n) is 0.876. The van der Waals surface area contributed by atoms with Crippen molar-refractivity contribution in [1.82, 2.24) is 0 Å². The molecule has 1 aromatic rings. The van der Waals surface area contributed by atoms with Crippen molar-refractivity contribution >= 4 is 6.08 Å². The van der Waals surface area contributed by atoms with Gasteiger partial charge in [-0.1, -0.05) is 12.2 Å². The summed E-state index contributed by atoms with van der Waals surface area (Å²) < 4.78 is 25.1. The van der Waals surface area contributed by atoms with E-state index in [1.54, 1.807) is 12.2 Å². The first-order valence-corrected chi connectivity index (χ1v) is 3.55. The van der Waals surface area contributed by atoms with Gasteiger partial charge in [0.15, 0.2) is 0 Å². The first-order valence-electron chi connectivity index (χ1n) is 3.55. The summed E-state index contributed by atoms with van der Waals surface area (Å²) in [5, 5.41) is 0. The van der Waals surface area contributed by atoms with Crippen LogP contribution in [-0.4, -0.2) is 6.54 Å². The van der Waals surface area contributed by atoms with E-state index in [-0.39, 0.29) is 0 Å². The lowest BCUT2D eigenvalue weighted by Gasteiger charge is -1.94. The van der Waals surface area contributed by atoms with Gasteiger partial charge < -0.3 is 5.73 Å². The van der Waals surface area contributed by atoms with E-state index in [0.29, 0.717) is 12.1 Å². The molecule has 64 valence electrons. The molecule has 0 spiro atoms. The molecule has 0 atom stereocenters. The lowest BCUT2D eigenvalue weighted by molar-refractivity contribution is 0.583. The number of rotatable bonds is 2. The Hall–Kier alpha value is -1.22. The van der Waals surface area contributed by atoms with Crippen molar-refractivity contribution in [2.24, 2.45) is 5.73 Å². The Kier molecular flexibility index (Phi) is 2.94. The molecule has 0 aliphatic rings. The van der Waals surface area contributed by atoms with Crippen LogP contribution in [-0.2, 0) is 0 Å². The van der Waals surface area contributed by atoms with Crippen LogP contribution in [0.2, 0.25) is 0 Å². The maximum absolute atomic E-state index is 12.6. The van der Waals surface area contributed by atoms with Gasteiger partial charge in [-0.3, -0.25) is 0 Å². The number of benzene rings is 1. The van der Waals surface area contributed by atoms with Gasteiger partial charge in [0.2, 0.25) is 0 Å². The van der Waals surface area contributed by atoms with E-state index in [4.69, 9.17) is 5.73 Å². The Balaban J connectivity index is 2.93. The molecular weight excluding hydrogens is 160 g/mol. The van der Waals surface area contributed by atoms with Gasteiger partial charge >= 0.3 is 0 Å². The van der Waals surface area contributed by atoms with Crippen LogP contribution in [0.25, 0.3) is 6.08 Å². The van der Waals surface area contributed by atoms with E-state index >= 15 is 0 Å². The highest BCUT2D eigenvalue weighted by Gasteiger charge is 1.96. The molecule has 0 aliphatic carbocycles. The monoisotopic (exact) mass is 169 g/mol. The highest BCUT2D eigenvalue weighted by Crippen LogP contribution is 2.08. The highest BCUT2D eigenvalue weighted by molar-refractivity contribution is 5.49. The molecule has 2 N–H and O–H groups in total. The zero-order valence-electron chi connectivity index (χ0n) is 6.43. The third kappa shape index (κ3) is 2.43. The van der Waals surface area contributed by atoms with Gasteiger partial charge in [-0.25, -0.2) is 8.78 Å². The number of halogens is 2. The molecule has 0 bridgehead atoms. The summed E-state index contributed by atoms with van der Waals surface area (Å²) in [4.78, 5) is 0. The zero-order valence-corrected chi connectivity index (χ0v) is 6.43. The van der Waals surface area contributed by atoms with Crippen molar-refractivity contribution in [2.45, 2.75) is 0 Å². The first kappa shape index (κ1) is 8.87. The van der Waals surface area contributed by atoms with Crippen LogP contribution >= 0.6 is 0 Å². The topological polar surface area (TPSA) is 26.0 Å². The van der Waals surface area contributed by atoms with E-state index in [1.807, 2.05) is 0 Å². The van der Waals surface area contributed by atoms with Crippen molar-refractivity contribution in [3.63, 3.8) is 0 Å². The summed E-state index contributed by atoms with van der Waals surface area (Å²) in [7, 11) is 0. The first-order chi connectivity index (χ1) is 5.72. The summed E-state index contributed by atoms with van der Waals surface area (Å²) in [5.41, 5.74) is 5.66. The third-order valence-corrected chi connectivity index (χ3v) is 1.33. The molecule has 0 radical (unpaired) electrons.